The van der Waals surface area contributed by atoms with Crippen LogP contribution in [0.4, 0.5) is 11.5 Å². The summed E-state index contributed by atoms with van der Waals surface area (Å²) < 4.78 is 1.55. The third-order valence-electron chi connectivity index (χ3n) is 3.14. The Morgan fingerprint density at radius 2 is 2.29 bits per heavy atom. The van der Waals surface area contributed by atoms with E-state index in [9.17, 15) is 10.1 Å². The molecule has 1 aromatic rings. The summed E-state index contributed by atoms with van der Waals surface area (Å²) in [6.45, 7) is 3.72. The van der Waals surface area contributed by atoms with E-state index in [-0.39, 0.29) is 16.7 Å². The van der Waals surface area contributed by atoms with Gasteiger partial charge in [0.05, 0.1) is 4.92 Å². The minimum atomic E-state index is -0.367. The Bertz CT molecular complexity index is 437. The van der Waals surface area contributed by atoms with Crippen LogP contribution >= 0.6 is 0 Å². The molecule has 1 unspecified atom stereocenters. The maximum Gasteiger partial charge on any atom is 0.333 e. The van der Waals surface area contributed by atoms with Gasteiger partial charge in [-0.15, -0.1) is 0 Å². The summed E-state index contributed by atoms with van der Waals surface area (Å²) in [4.78, 5) is 10.6. The van der Waals surface area contributed by atoms with Gasteiger partial charge in [0.2, 0.25) is 5.82 Å². The van der Waals surface area contributed by atoms with E-state index < -0.39 is 0 Å². The average Bonchev–Trinajstić information content (AvgIpc) is 2.94. The molecule has 17 heavy (non-hydrogen) atoms. The zero-order valence-electron chi connectivity index (χ0n) is 10.4. The molecule has 0 spiro atoms. The largest absolute Gasteiger partial charge is 0.362 e. The molecule has 0 aromatic carbocycles. The molecule has 0 saturated heterocycles. The number of nitro groups is 1. The van der Waals surface area contributed by atoms with Gasteiger partial charge >= 0.3 is 5.69 Å². The normalized spacial score (nSPS) is 16.9. The Morgan fingerprint density at radius 3 is 2.82 bits per heavy atom. The molecule has 2 rings (SSSR count). The fraction of sp³-hybridized carbons (Fsp3) is 0.727. The van der Waals surface area contributed by atoms with Crippen LogP contribution in [0.15, 0.2) is 0 Å². The van der Waals surface area contributed by atoms with Crippen LogP contribution in [0.5, 0.6) is 0 Å². The lowest BCUT2D eigenvalue weighted by Crippen LogP contribution is -2.18. The number of hydrogen-bond donors (Lipinski definition) is 1. The lowest BCUT2D eigenvalue weighted by atomic mass is 10.1. The molecule has 1 aliphatic carbocycles. The van der Waals surface area contributed by atoms with E-state index in [4.69, 9.17) is 0 Å². The zero-order chi connectivity index (χ0) is 12.6. The smallest absolute Gasteiger partial charge is 0.333 e. The number of hydrogen-bond acceptors (Lipinski definition) is 4. The number of rotatable bonds is 5. The Kier molecular flexibility index (Phi) is 3.04. The first-order chi connectivity index (χ1) is 7.99. The second-order valence-corrected chi connectivity index (χ2v) is 4.89. The fourth-order valence-corrected chi connectivity index (χ4v) is 2.17. The standard InChI is InChI=1S/C11H18N4O2/c1-7(6-9-4-5-9)12-11-10(15(16)17)8(2)13-14(11)3/h7,9,12H,4-6H2,1-3H3. The molecule has 0 bridgehead atoms. The van der Waals surface area contributed by atoms with Crippen LogP contribution in [-0.4, -0.2) is 20.7 Å². The van der Waals surface area contributed by atoms with Crippen LogP contribution in [0, 0.1) is 23.0 Å². The van der Waals surface area contributed by atoms with Gasteiger partial charge in [-0.05, 0) is 26.2 Å². The maximum atomic E-state index is 11.0. The molecular weight excluding hydrogens is 220 g/mol. The maximum absolute atomic E-state index is 11.0. The highest BCUT2D eigenvalue weighted by atomic mass is 16.6. The van der Waals surface area contributed by atoms with E-state index in [0.717, 1.165) is 12.3 Å². The number of nitrogens with zero attached hydrogens (tertiary/aromatic N) is 3. The molecule has 1 saturated carbocycles. The van der Waals surface area contributed by atoms with Crippen molar-refractivity contribution in [1.29, 1.82) is 0 Å². The van der Waals surface area contributed by atoms with Gasteiger partial charge in [-0.1, -0.05) is 12.8 Å². The summed E-state index contributed by atoms with van der Waals surface area (Å²) in [7, 11) is 1.73. The van der Waals surface area contributed by atoms with Crippen molar-refractivity contribution in [2.24, 2.45) is 13.0 Å². The second-order valence-electron chi connectivity index (χ2n) is 4.89. The molecular formula is C11H18N4O2. The van der Waals surface area contributed by atoms with Gasteiger partial charge in [-0.25, -0.2) is 4.68 Å². The third-order valence-corrected chi connectivity index (χ3v) is 3.14. The highest BCUT2D eigenvalue weighted by molar-refractivity contribution is 5.59. The molecule has 1 N–H and O–H groups in total. The topological polar surface area (TPSA) is 73.0 Å². The molecule has 0 amide bonds. The number of anilines is 1. The first kappa shape index (κ1) is 11.9. The lowest BCUT2D eigenvalue weighted by Gasteiger charge is -2.13. The van der Waals surface area contributed by atoms with E-state index in [0.29, 0.717) is 11.5 Å². The van der Waals surface area contributed by atoms with Gasteiger partial charge in [0, 0.05) is 13.1 Å². The zero-order valence-corrected chi connectivity index (χ0v) is 10.4. The molecule has 1 aliphatic rings. The summed E-state index contributed by atoms with van der Waals surface area (Å²) in [5.74, 6) is 1.31. The van der Waals surface area contributed by atoms with E-state index >= 15 is 0 Å². The van der Waals surface area contributed by atoms with Crippen LogP contribution < -0.4 is 5.32 Å². The van der Waals surface area contributed by atoms with Crippen molar-refractivity contribution in [3.05, 3.63) is 15.8 Å². The monoisotopic (exact) mass is 238 g/mol. The van der Waals surface area contributed by atoms with Gasteiger partial charge < -0.3 is 5.32 Å². The Hall–Kier alpha value is -1.59. The van der Waals surface area contributed by atoms with E-state index in [1.807, 2.05) is 0 Å². The molecule has 0 aliphatic heterocycles. The SMILES string of the molecule is Cc1nn(C)c(NC(C)CC2CC2)c1[N+](=O)[O-]. The van der Waals surface area contributed by atoms with Crippen LogP contribution in [-0.2, 0) is 7.05 Å². The molecule has 0 radical (unpaired) electrons. The molecule has 6 heteroatoms. The van der Waals surface area contributed by atoms with Crippen molar-refractivity contribution in [3.63, 3.8) is 0 Å². The lowest BCUT2D eigenvalue weighted by molar-refractivity contribution is -0.384. The molecule has 1 atom stereocenters. The highest BCUT2D eigenvalue weighted by Crippen LogP contribution is 2.35. The van der Waals surface area contributed by atoms with Crippen molar-refractivity contribution in [3.8, 4) is 0 Å². The first-order valence-electron chi connectivity index (χ1n) is 5.93. The number of nitrogens with one attached hydrogen (secondary N) is 1. The molecule has 94 valence electrons. The third kappa shape index (κ3) is 2.57. The Labute approximate surface area is 100 Å². The van der Waals surface area contributed by atoms with Crippen LogP contribution in [0.3, 0.4) is 0 Å². The fourth-order valence-electron chi connectivity index (χ4n) is 2.17. The number of aromatic nitrogens is 2. The Morgan fingerprint density at radius 1 is 1.65 bits per heavy atom. The summed E-state index contributed by atoms with van der Waals surface area (Å²) >= 11 is 0. The van der Waals surface area contributed by atoms with Gasteiger partial charge in [-0.3, -0.25) is 10.1 Å². The van der Waals surface area contributed by atoms with E-state index in [2.05, 4.69) is 17.3 Å². The molecule has 1 heterocycles. The average molecular weight is 238 g/mol. The summed E-state index contributed by atoms with van der Waals surface area (Å²) in [5.41, 5.74) is 0.550. The first-order valence-corrected chi connectivity index (χ1v) is 5.93. The quantitative estimate of drug-likeness (QED) is 0.630. The van der Waals surface area contributed by atoms with E-state index in [1.54, 1.807) is 18.7 Å². The van der Waals surface area contributed by atoms with Crippen molar-refractivity contribution >= 4 is 11.5 Å². The summed E-state index contributed by atoms with van der Waals surface area (Å²) in [6.07, 6.45) is 3.65. The summed E-state index contributed by atoms with van der Waals surface area (Å²) in [6, 6.07) is 0.246. The van der Waals surface area contributed by atoms with Crippen LogP contribution in [0.25, 0.3) is 0 Å². The minimum Gasteiger partial charge on any atom is -0.362 e. The van der Waals surface area contributed by atoms with Gasteiger partial charge in [0.1, 0.15) is 5.69 Å². The van der Waals surface area contributed by atoms with E-state index in [1.165, 1.54) is 12.8 Å². The van der Waals surface area contributed by atoms with Crippen molar-refractivity contribution in [2.45, 2.75) is 39.2 Å². The summed E-state index contributed by atoms with van der Waals surface area (Å²) in [5, 5.41) is 18.3. The van der Waals surface area contributed by atoms with Crippen molar-refractivity contribution in [2.75, 3.05) is 5.32 Å². The van der Waals surface area contributed by atoms with Crippen molar-refractivity contribution < 1.29 is 4.92 Å². The highest BCUT2D eigenvalue weighted by Gasteiger charge is 2.28. The van der Waals surface area contributed by atoms with Crippen LogP contribution in [0.2, 0.25) is 0 Å². The van der Waals surface area contributed by atoms with Crippen LogP contribution in [0.1, 0.15) is 31.9 Å². The predicted molar refractivity (Wildman–Crippen MR) is 65.0 cm³/mol. The van der Waals surface area contributed by atoms with Gasteiger partial charge in [-0.2, -0.15) is 5.10 Å². The predicted octanol–water partition coefficient (Wildman–Crippen LogP) is 2.24. The molecule has 6 nitrogen and oxygen atoms in total. The van der Waals surface area contributed by atoms with Gasteiger partial charge in [0.15, 0.2) is 0 Å². The minimum absolute atomic E-state index is 0.0927. The van der Waals surface area contributed by atoms with Gasteiger partial charge in [0.25, 0.3) is 0 Å². The molecule has 1 aromatic heterocycles. The second kappa shape index (κ2) is 4.35. The number of aryl methyl sites for hydroxylation is 2. The molecule has 1 fully saturated rings. The van der Waals surface area contributed by atoms with Crippen molar-refractivity contribution in [1.82, 2.24) is 9.78 Å². The Balaban J connectivity index is 2.15.